The third-order valence-electron chi connectivity index (χ3n) is 3.40. The van der Waals surface area contributed by atoms with E-state index >= 15 is 0 Å². The van der Waals surface area contributed by atoms with Crippen LogP contribution in [0.25, 0.3) is 0 Å². The Morgan fingerprint density at radius 3 is 2.29 bits per heavy atom. The highest BCUT2D eigenvalue weighted by atomic mass is 32.2. The Balaban J connectivity index is 1.80. The van der Waals surface area contributed by atoms with Crippen molar-refractivity contribution in [3.05, 3.63) is 59.2 Å². The molecule has 1 heterocycles. The molecule has 0 radical (unpaired) electrons. The molecule has 0 saturated carbocycles. The number of rotatable bonds is 3. The molecule has 0 bridgehead atoms. The summed E-state index contributed by atoms with van der Waals surface area (Å²) in [5.74, 6) is -0.219. The van der Waals surface area contributed by atoms with Crippen molar-refractivity contribution in [2.45, 2.75) is 11.8 Å². The molecular weight excluding hydrogens is 284 g/mol. The Labute approximate surface area is 126 Å². The van der Waals surface area contributed by atoms with Gasteiger partial charge in [-0.2, -0.15) is 0 Å². The SMILES string of the molecule is Cc1ccc(N)c(SCN2C(=O)c3ccccc3C2=O)c1. The second-order valence-electron chi connectivity index (χ2n) is 4.90. The minimum absolute atomic E-state index is 0.241. The summed E-state index contributed by atoms with van der Waals surface area (Å²) in [6.07, 6.45) is 0. The van der Waals surface area contributed by atoms with E-state index in [1.165, 1.54) is 16.7 Å². The zero-order valence-electron chi connectivity index (χ0n) is 11.5. The van der Waals surface area contributed by atoms with Crippen molar-refractivity contribution in [3.63, 3.8) is 0 Å². The monoisotopic (exact) mass is 298 g/mol. The van der Waals surface area contributed by atoms with Gasteiger partial charge < -0.3 is 5.73 Å². The van der Waals surface area contributed by atoms with Crippen molar-refractivity contribution >= 4 is 29.3 Å². The molecule has 0 saturated heterocycles. The quantitative estimate of drug-likeness (QED) is 0.537. The molecule has 0 aromatic heterocycles. The van der Waals surface area contributed by atoms with Crippen LogP contribution < -0.4 is 5.73 Å². The number of hydrogen-bond acceptors (Lipinski definition) is 4. The zero-order chi connectivity index (χ0) is 15.0. The number of nitrogens with zero attached hydrogens (tertiary/aromatic N) is 1. The van der Waals surface area contributed by atoms with E-state index in [0.29, 0.717) is 16.8 Å². The van der Waals surface area contributed by atoms with Crippen molar-refractivity contribution in [1.82, 2.24) is 4.90 Å². The van der Waals surface area contributed by atoms with Crippen LogP contribution >= 0.6 is 11.8 Å². The summed E-state index contributed by atoms with van der Waals surface area (Å²) in [6, 6.07) is 12.6. The van der Waals surface area contributed by atoms with E-state index < -0.39 is 0 Å². The number of thioether (sulfide) groups is 1. The second kappa shape index (κ2) is 5.26. The molecule has 1 aliphatic rings. The molecule has 0 fully saturated rings. The fraction of sp³-hybridized carbons (Fsp3) is 0.125. The summed E-state index contributed by atoms with van der Waals surface area (Å²) in [6.45, 7) is 1.98. The summed E-state index contributed by atoms with van der Waals surface area (Å²) in [7, 11) is 0. The normalized spacial score (nSPS) is 13.7. The minimum Gasteiger partial charge on any atom is -0.398 e. The van der Waals surface area contributed by atoms with Crippen LogP contribution in [0.2, 0.25) is 0 Å². The van der Waals surface area contributed by atoms with Gasteiger partial charge in [-0.15, -0.1) is 11.8 Å². The highest BCUT2D eigenvalue weighted by molar-refractivity contribution is 7.99. The molecule has 1 aliphatic heterocycles. The van der Waals surface area contributed by atoms with E-state index in [2.05, 4.69) is 0 Å². The Morgan fingerprint density at radius 1 is 1.05 bits per heavy atom. The van der Waals surface area contributed by atoms with Gasteiger partial charge in [0, 0.05) is 10.6 Å². The lowest BCUT2D eigenvalue weighted by Gasteiger charge is -2.14. The highest BCUT2D eigenvalue weighted by Crippen LogP contribution is 2.30. The summed E-state index contributed by atoms with van der Waals surface area (Å²) in [5.41, 5.74) is 8.61. The molecule has 2 aromatic rings. The lowest BCUT2D eigenvalue weighted by molar-refractivity contribution is 0.0684. The number of nitrogen functional groups attached to an aromatic ring is 1. The van der Waals surface area contributed by atoms with Crippen molar-refractivity contribution in [1.29, 1.82) is 0 Å². The molecular formula is C16H14N2O2S. The van der Waals surface area contributed by atoms with Crippen LogP contribution in [0.5, 0.6) is 0 Å². The number of fused-ring (bicyclic) bond motifs is 1. The molecule has 3 rings (SSSR count). The van der Waals surface area contributed by atoms with Crippen LogP contribution in [-0.4, -0.2) is 22.6 Å². The van der Waals surface area contributed by atoms with E-state index in [1.807, 2.05) is 25.1 Å². The van der Waals surface area contributed by atoms with Gasteiger partial charge in [0.1, 0.15) is 0 Å². The van der Waals surface area contributed by atoms with Gasteiger partial charge in [-0.05, 0) is 36.8 Å². The number of imide groups is 1. The summed E-state index contributed by atoms with van der Waals surface area (Å²) < 4.78 is 0. The molecule has 0 aliphatic carbocycles. The zero-order valence-corrected chi connectivity index (χ0v) is 12.3. The maximum absolute atomic E-state index is 12.2. The van der Waals surface area contributed by atoms with Crippen molar-refractivity contribution in [2.75, 3.05) is 11.6 Å². The first-order chi connectivity index (χ1) is 10.1. The Kier molecular flexibility index (Phi) is 3.43. The first-order valence-corrected chi connectivity index (χ1v) is 7.50. The highest BCUT2D eigenvalue weighted by Gasteiger charge is 2.34. The molecule has 0 unspecified atom stereocenters. The molecule has 2 amide bonds. The maximum Gasteiger partial charge on any atom is 0.262 e. The fourth-order valence-corrected chi connectivity index (χ4v) is 3.26. The Hall–Kier alpha value is -2.27. The summed E-state index contributed by atoms with van der Waals surface area (Å²) in [4.78, 5) is 26.6. The van der Waals surface area contributed by atoms with Gasteiger partial charge in [0.15, 0.2) is 0 Å². The van der Waals surface area contributed by atoms with E-state index in [4.69, 9.17) is 5.73 Å². The van der Waals surface area contributed by atoms with Gasteiger partial charge in [0.2, 0.25) is 0 Å². The van der Waals surface area contributed by atoms with Crippen LogP contribution in [0.4, 0.5) is 5.69 Å². The Morgan fingerprint density at radius 2 is 1.67 bits per heavy atom. The lowest BCUT2D eigenvalue weighted by Crippen LogP contribution is -2.29. The first kappa shape index (κ1) is 13.7. The van der Waals surface area contributed by atoms with Crippen molar-refractivity contribution in [3.8, 4) is 0 Å². The molecule has 0 atom stereocenters. The number of benzene rings is 2. The van der Waals surface area contributed by atoms with E-state index in [0.717, 1.165) is 10.5 Å². The third kappa shape index (κ3) is 2.40. The molecule has 5 heteroatoms. The molecule has 0 spiro atoms. The van der Waals surface area contributed by atoms with E-state index in [-0.39, 0.29) is 17.7 Å². The van der Waals surface area contributed by atoms with Gasteiger partial charge in [-0.1, -0.05) is 18.2 Å². The van der Waals surface area contributed by atoms with Gasteiger partial charge in [-0.3, -0.25) is 14.5 Å². The van der Waals surface area contributed by atoms with Crippen LogP contribution in [0.3, 0.4) is 0 Å². The number of nitrogens with two attached hydrogens (primary N) is 1. The van der Waals surface area contributed by atoms with E-state index in [9.17, 15) is 9.59 Å². The number of amides is 2. The number of carbonyl (C=O) groups is 2. The molecule has 2 aromatic carbocycles. The van der Waals surface area contributed by atoms with Gasteiger partial charge in [0.25, 0.3) is 11.8 Å². The van der Waals surface area contributed by atoms with Crippen LogP contribution in [0, 0.1) is 6.92 Å². The standard InChI is InChI=1S/C16H14N2O2S/c1-10-6-7-13(17)14(8-10)21-9-18-15(19)11-4-2-3-5-12(11)16(18)20/h2-8H,9,17H2,1H3. The summed E-state index contributed by atoms with van der Waals surface area (Å²) in [5, 5.41) is 0. The summed E-state index contributed by atoms with van der Waals surface area (Å²) >= 11 is 1.40. The van der Waals surface area contributed by atoms with Gasteiger partial charge in [-0.25, -0.2) is 0 Å². The van der Waals surface area contributed by atoms with Gasteiger partial charge >= 0.3 is 0 Å². The maximum atomic E-state index is 12.2. The van der Waals surface area contributed by atoms with Crippen molar-refractivity contribution in [2.24, 2.45) is 0 Å². The van der Waals surface area contributed by atoms with Crippen molar-refractivity contribution < 1.29 is 9.59 Å². The number of hydrogen-bond donors (Lipinski definition) is 1. The molecule has 4 nitrogen and oxygen atoms in total. The number of anilines is 1. The first-order valence-electron chi connectivity index (χ1n) is 6.52. The van der Waals surface area contributed by atoms with Crippen LogP contribution in [0.1, 0.15) is 26.3 Å². The average molecular weight is 298 g/mol. The number of aryl methyl sites for hydroxylation is 1. The predicted octanol–water partition coefficient (Wildman–Crippen LogP) is 2.92. The largest absolute Gasteiger partial charge is 0.398 e. The molecule has 21 heavy (non-hydrogen) atoms. The van der Waals surface area contributed by atoms with E-state index in [1.54, 1.807) is 24.3 Å². The van der Waals surface area contributed by atoms with Gasteiger partial charge in [0.05, 0.1) is 17.0 Å². The predicted molar refractivity (Wildman–Crippen MR) is 83.3 cm³/mol. The minimum atomic E-state index is -0.241. The second-order valence-corrected chi connectivity index (χ2v) is 5.89. The molecule has 106 valence electrons. The number of carbonyl (C=O) groups excluding carboxylic acids is 2. The third-order valence-corrected chi connectivity index (χ3v) is 4.45. The Bertz CT molecular complexity index is 708. The molecule has 2 N–H and O–H groups in total. The fourth-order valence-electron chi connectivity index (χ4n) is 2.26. The average Bonchev–Trinajstić information content (AvgIpc) is 2.73. The topological polar surface area (TPSA) is 63.4 Å². The lowest BCUT2D eigenvalue weighted by atomic mass is 10.1. The van der Waals surface area contributed by atoms with Crippen LogP contribution in [0.15, 0.2) is 47.4 Å². The van der Waals surface area contributed by atoms with Crippen LogP contribution in [-0.2, 0) is 0 Å². The smallest absolute Gasteiger partial charge is 0.262 e.